The van der Waals surface area contributed by atoms with E-state index < -0.39 is 0 Å². The van der Waals surface area contributed by atoms with Crippen molar-refractivity contribution in [3.63, 3.8) is 0 Å². The highest BCUT2D eigenvalue weighted by molar-refractivity contribution is 6.31. The zero-order chi connectivity index (χ0) is 17.7. The first-order chi connectivity index (χ1) is 12.1. The molecule has 0 unspecified atom stereocenters. The van der Waals surface area contributed by atoms with Crippen molar-refractivity contribution in [1.82, 2.24) is 5.32 Å². The SMILES string of the molecule is OCC1(NCCC2CCC(c3ccc(F)cc3Cl)CC2)CCOCC1. The molecule has 2 fully saturated rings. The quantitative estimate of drug-likeness (QED) is 0.786. The minimum absolute atomic E-state index is 0.142. The summed E-state index contributed by atoms with van der Waals surface area (Å²) < 4.78 is 18.6. The molecule has 1 aliphatic carbocycles. The van der Waals surface area contributed by atoms with Crippen LogP contribution in [0.4, 0.5) is 4.39 Å². The van der Waals surface area contributed by atoms with Gasteiger partial charge in [-0.2, -0.15) is 0 Å². The van der Waals surface area contributed by atoms with Gasteiger partial charge in [0.25, 0.3) is 0 Å². The van der Waals surface area contributed by atoms with Gasteiger partial charge in [0.1, 0.15) is 5.82 Å². The van der Waals surface area contributed by atoms with E-state index in [0.29, 0.717) is 10.9 Å². The third kappa shape index (κ3) is 4.94. The number of aliphatic hydroxyl groups excluding tert-OH is 1. The summed E-state index contributed by atoms with van der Waals surface area (Å²) >= 11 is 6.22. The summed E-state index contributed by atoms with van der Waals surface area (Å²) in [6, 6.07) is 4.79. The first kappa shape index (κ1) is 19.1. The minimum atomic E-state index is -0.264. The molecule has 0 radical (unpaired) electrons. The van der Waals surface area contributed by atoms with Gasteiger partial charge in [-0.05, 0) is 81.0 Å². The third-order valence-corrected chi connectivity index (χ3v) is 6.38. The van der Waals surface area contributed by atoms with Crippen LogP contribution in [0.1, 0.15) is 56.4 Å². The number of halogens is 2. The molecular weight excluding hydrogens is 341 g/mol. The van der Waals surface area contributed by atoms with Crippen LogP contribution in [-0.2, 0) is 4.74 Å². The van der Waals surface area contributed by atoms with E-state index in [1.165, 1.54) is 25.0 Å². The van der Waals surface area contributed by atoms with E-state index in [4.69, 9.17) is 16.3 Å². The zero-order valence-electron chi connectivity index (χ0n) is 14.8. The fourth-order valence-corrected chi connectivity index (χ4v) is 4.61. The Bertz CT molecular complexity index is 555. The van der Waals surface area contributed by atoms with E-state index in [0.717, 1.165) is 63.3 Å². The number of aliphatic hydroxyl groups is 1. The second-order valence-corrected chi connectivity index (χ2v) is 8.06. The second-order valence-electron chi connectivity index (χ2n) is 7.65. The summed E-state index contributed by atoms with van der Waals surface area (Å²) in [6.45, 7) is 2.60. The minimum Gasteiger partial charge on any atom is -0.394 e. The molecule has 0 aromatic heterocycles. The summed E-state index contributed by atoms with van der Waals surface area (Å²) in [7, 11) is 0. The number of nitrogens with one attached hydrogen (secondary N) is 1. The first-order valence-corrected chi connectivity index (χ1v) is 9.88. The standard InChI is InChI=1S/C20H29ClFNO2/c21-19-13-17(22)5-6-18(19)16-3-1-15(2-4-16)7-10-23-20(14-24)8-11-25-12-9-20/h5-6,13,15-16,23-24H,1-4,7-12,14H2. The summed E-state index contributed by atoms with van der Waals surface area (Å²) in [5.41, 5.74) is 0.956. The second kappa shape index (κ2) is 8.81. The largest absolute Gasteiger partial charge is 0.394 e. The van der Waals surface area contributed by atoms with Gasteiger partial charge in [0.15, 0.2) is 0 Å². The van der Waals surface area contributed by atoms with Gasteiger partial charge >= 0.3 is 0 Å². The van der Waals surface area contributed by atoms with Gasteiger partial charge in [-0.15, -0.1) is 0 Å². The van der Waals surface area contributed by atoms with Crippen molar-refractivity contribution < 1.29 is 14.2 Å². The molecule has 25 heavy (non-hydrogen) atoms. The van der Waals surface area contributed by atoms with Gasteiger partial charge in [0.2, 0.25) is 0 Å². The van der Waals surface area contributed by atoms with Gasteiger partial charge in [-0.1, -0.05) is 17.7 Å². The molecule has 3 nitrogen and oxygen atoms in total. The van der Waals surface area contributed by atoms with Gasteiger partial charge in [0.05, 0.1) is 6.61 Å². The summed E-state index contributed by atoms with van der Waals surface area (Å²) in [4.78, 5) is 0. The lowest BCUT2D eigenvalue weighted by atomic mass is 9.77. The molecule has 2 N–H and O–H groups in total. The topological polar surface area (TPSA) is 41.5 Å². The fraction of sp³-hybridized carbons (Fsp3) is 0.700. The molecule has 2 aliphatic rings. The van der Waals surface area contributed by atoms with Crippen LogP contribution in [0.25, 0.3) is 0 Å². The highest BCUT2D eigenvalue weighted by Crippen LogP contribution is 2.39. The Hall–Kier alpha value is -0.680. The molecule has 1 heterocycles. The predicted molar refractivity (Wildman–Crippen MR) is 98.6 cm³/mol. The molecule has 1 saturated carbocycles. The molecule has 1 saturated heterocycles. The van der Waals surface area contributed by atoms with E-state index in [-0.39, 0.29) is 18.0 Å². The van der Waals surface area contributed by atoms with Crippen LogP contribution in [-0.4, -0.2) is 37.0 Å². The lowest BCUT2D eigenvalue weighted by molar-refractivity contribution is 0.0114. The van der Waals surface area contributed by atoms with Crippen molar-refractivity contribution in [2.75, 3.05) is 26.4 Å². The normalized spacial score (nSPS) is 26.5. The molecule has 0 amide bonds. The van der Waals surface area contributed by atoms with E-state index in [1.54, 1.807) is 0 Å². The summed E-state index contributed by atoms with van der Waals surface area (Å²) in [6.07, 6.45) is 7.54. The number of ether oxygens (including phenoxy) is 1. The zero-order valence-corrected chi connectivity index (χ0v) is 15.5. The van der Waals surface area contributed by atoms with E-state index in [9.17, 15) is 9.50 Å². The number of rotatable bonds is 6. The molecule has 0 bridgehead atoms. The van der Waals surface area contributed by atoms with Crippen molar-refractivity contribution in [3.8, 4) is 0 Å². The van der Waals surface area contributed by atoms with Crippen LogP contribution in [0.3, 0.4) is 0 Å². The van der Waals surface area contributed by atoms with Gasteiger partial charge in [-0.25, -0.2) is 4.39 Å². The maximum absolute atomic E-state index is 13.2. The Balaban J connectivity index is 1.43. The molecule has 5 heteroatoms. The Morgan fingerprint density at radius 1 is 1.20 bits per heavy atom. The van der Waals surface area contributed by atoms with Crippen molar-refractivity contribution in [2.45, 2.75) is 56.4 Å². The number of hydrogen-bond acceptors (Lipinski definition) is 3. The molecule has 1 aromatic carbocycles. The van der Waals surface area contributed by atoms with Gasteiger partial charge in [-0.3, -0.25) is 0 Å². The van der Waals surface area contributed by atoms with Crippen LogP contribution >= 0.6 is 11.6 Å². The van der Waals surface area contributed by atoms with Gasteiger partial charge in [0, 0.05) is 23.8 Å². The Morgan fingerprint density at radius 2 is 1.92 bits per heavy atom. The van der Waals surface area contributed by atoms with Crippen molar-refractivity contribution in [3.05, 3.63) is 34.6 Å². The smallest absolute Gasteiger partial charge is 0.124 e. The maximum atomic E-state index is 13.2. The maximum Gasteiger partial charge on any atom is 0.124 e. The van der Waals surface area contributed by atoms with Crippen molar-refractivity contribution in [2.24, 2.45) is 5.92 Å². The van der Waals surface area contributed by atoms with Crippen LogP contribution in [0.2, 0.25) is 5.02 Å². The van der Waals surface area contributed by atoms with Gasteiger partial charge < -0.3 is 15.2 Å². The molecule has 0 spiro atoms. The summed E-state index contributed by atoms with van der Waals surface area (Å²) in [5.74, 6) is 0.912. The van der Waals surface area contributed by atoms with E-state index in [1.807, 2.05) is 6.07 Å². The third-order valence-electron chi connectivity index (χ3n) is 6.05. The van der Waals surface area contributed by atoms with E-state index >= 15 is 0 Å². The molecule has 3 rings (SSSR count). The van der Waals surface area contributed by atoms with Crippen LogP contribution < -0.4 is 5.32 Å². The fourth-order valence-electron chi connectivity index (χ4n) is 4.29. The monoisotopic (exact) mass is 369 g/mol. The number of hydrogen-bond donors (Lipinski definition) is 2. The molecule has 1 aliphatic heterocycles. The van der Waals surface area contributed by atoms with Crippen LogP contribution in [0, 0.1) is 11.7 Å². The first-order valence-electron chi connectivity index (χ1n) is 9.50. The van der Waals surface area contributed by atoms with Crippen molar-refractivity contribution >= 4 is 11.6 Å². The van der Waals surface area contributed by atoms with E-state index in [2.05, 4.69) is 5.32 Å². The lowest BCUT2D eigenvalue weighted by Crippen LogP contribution is -2.52. The molecule has 1 aromatic rings. The highest BCUT2D eigenvalue weighted by atomic mass is 35.5. The Morgan fingerprint density at radius 3 is 2.56 bits per heavy atom. The summed E-state index contributed by atoms with van der Waals surface area (Å²) in [5, 5.41) is 13.9. The molecule has 0 atom stereocenters. The average Bonchev–Trinajstić information content (AvgIpc) is 2.63. The van der Waals surface area contributed by atoms with Crippen LogP contribution in [0.5, 0.6) is 0 Å². The lowest BCUT2D eigenvalue weighted by Gasteiger charge is -2.37. The molecular formula is C20H29ClFNO2. The van der Waals surface area contributed by atoms with Crippen molar-refractivity contribution in [1.29, 1.82) is 0 Å². The van der Waals surface area contributed by atoms with Crippen LogP contribution in [0.15, 0.2) is 18.2 Å². The Labute approximate surface area is 154 Å². The highest BCUT2D eigenvalue weighted by Gasteiger charge is 2.31. The number of benzene rings is 1. The predicted octanol–water partition coefficient (Wildman–Crippen LogP) is 4.27. The average molecular weight is 370 g/mol. The Kier molecular flexibility index (Phi) is 6.73. The molecule has 140 valence electrons.